The maximum Gasteiger partial charge on any atom is 0.445 e. The van der Waals surface area contributed by atoms with Gasteiger partial charge in [-0.15, -0.1) is 10.2 Å². The number of anilines is 1. The Morgan fingerprint density at radius 1 is 1.14 bits per heavy atom. The molecule has 126 valence electrons. The number of rotatable bonds is 5. The molecule has 0 bridgehead atoms. The van der Waals surface area contributed by atoms with Crippen LogP contribution >= 0.6 is 11.3 Å². The molecule has 0 aliphatic carbocycles. The fourth-order valence-electron chi connectivity index (χ4n) is 2.26. The van der Waals surface area contributed by atoms with E-state index < -0.39 is 11.2 Å². The number of ether oxygens (including phenoxy) is 2. The minimum Gasteiger partial charge on any atom is -0.355 e. The minimum atomic E-state index is -4.43. The fourth-order valence-corrected chi connectivity index (χ4v) is 3.02. The molecule has 0 amide bonds. The van der Waals surface area contributed by atoms with Crippen LogP contribution in [0.2, 0.25) is 0 Å². The third-order valence-corrected chi connectivity index (χ3v) is 4.48. The van der Waals surface area contributed by atoms with Crippen molar-refractivity contribution in [1.82, 2.24) is 15.1 Å². The van der Waals surface area contributed by atoms with Crippen molar-refractivity contribution >= 4 is 16.5 Å². The zero-order valence-electron chi connectivity index (χ0n) is 12.5. The summed E-state index contributed by atoms with van der Waals surface area (Å²) in [5.41, 5.74) is 0. The summed E-state index contributed by atoms with van der Waals surface area (Å²) in [5.74, 6) is 0. The third-order valence-electron chi connectivity index (χ3n) is 3.45. The molecular weight excluding hydrogens is 321 g/mol. The average molecular weight is 340 g/mol. The van der Waals surface area contributed by atoms with Crippen LogP contribution < -0.4 is 4.90 Å². The molecule has 0 radical (unpaired) electrons. The van der Waals surface area contributed by atoms with Crippen LogP contribution in [0.25, 0.3) is 0 Å². The SMILES string of the molecule is COC(CN1CCCN(c2nnc(C(F)(F)F)s2)CC1)OC. The molecule has 0 spiro atoms. The average Bonchev–Trinajstić information content (AvgIpc) is 2.86. The number of hydrogen-bond donors (Lipinski definition) is 0. The van der Waals surface area contributed by atoms with E-state index in [2.05, 4.69) is 15.1 Å². The van der Waals surface area contributed by atoms with Gasteiger partial charge in [0.25, 0.3) is 0 Å². The predicted octanol–water partition coefficient (Wildman–Crippen LogP) is 1.69. The smallest absolute Gasteiger partial charge is 0.355 e. The molecule has 1 fully saturated rings. The van der Waals surface area contributed by atoms with Gasteiger partial charge in [0, 0.05) is 46.9 Å². The molecule has 0 N–H and O–H groups in total. The minimum absolute atomic E-state index is 0.301. The molecule has 0 unspecified atom stereocenters. The van der Waals surface area contributed by atoms with Gasteiger partial charge in [-0.1, -0.05) is 11.3 Å². The Hall–Kier alpha value is -0.970. The van der Waals surface area contributed by atoms with E-state index in [4.69, 9.17) is 9.47 Å². The highest BCUT2D eigenvalue weighted by Crippen LogP contribution is 2.34. The number of hydrogen-bond acceptors (Lipinski definition) is 7. The van der Waals surface area contributed by atoms with Gasteiger partial charge in [-0.2, -0.15) is 13.2 Å². The van der Waals surface area contributed by atoms with Crippen molar-refractivity contribution in [2.24, 2.45) is 0 Å². The molecule has 1 saturated heterocycles. The van der Waals surface area contributed by atoms with Gasteiger partial charge in [-0.05, 0) is 6.42 Å². The molecule has 1 aliphatic heterocycles. The summed E-state index contributed by atoms with van der Waals surface area (Å²) in [6.07, 6.45) is -3.90. The Morgan fingerprint density at radius 3 is 2.45 bits per heavy atom. The lowest BCUT2D eigenvalue weighted by molar-refractivity contribution is -0.138. The van der Waals surface area contributed by atoms with Gasteiger partial charge < -0.3 is 14.4 Å². The normalized spacial score (nSPS) is 18.0. The Kier molecular flexibility index (Phi) is 5.95. The first-order chi connectivity index (χ1) is 10.4. The number of aromatic nitrogens is 2. The highest BCUT2D eigenvalue weighted by atomic mass is 32.1. The van der Waals surface area contributed by atoms with Gasteiger partial charge in [0.15, 0.2) is 6.29 Å². The molecule has 1 aliphatic rings. The fraction of sp³-hybridized carbons (Fsp3) is 0.833. The Bertz CT molecular complexity index is 467. The Morgan fingerprint density at radius 2 is 1.86 bits per heavy atom. The van der Waals surface area contributed by atoms with E-state index in [1.807, 2.05) is 4.90 Å². The van der Waals surface area contributed by atoms with Crippen molar-refractivity contribution in [3.63, 3.8) is 0 Å². The summed E-state index contributed by atoms with van der Waals surface area (Å²) in [7, 11) is 3.16. The molecular formula is C12H19F3N4O2S. The van der Waals surface area contributed by atoms with Crippen molar-refractivity contribution in [2.75, 3.05) is 51.8 Å². The van der Waals surface area contributed by atoms with E-state index in [9.17, 15) is 13.2 Å². The quantitative estimate of drug-likeness (QED) is 0.761. The zero-order valence-corrected chi connectivity index (χ0v) is 13.3. The van der Waals surface area contributed by atoms with Crippen molar-refractivity contribution in [1.29, 1.82) is 0 Å². The van der Waals surface area contributed by atoms with E-state index in [0.29, 0.717) is 42.6 Å². The summed E-state index contributed by atoms with van der Waals surface area (Å²) in [5, 5.41) is 6.33. The van der Waals surface area contributed by atoms with E-state index >= 15 is 0 Å². The maximum absolute atomic E-state index is 12.6. The van der Waals surface area contributed by atoms with Gasteiger partial charge in [0.05, 0.1) is 0 Å². The van der Waals surface area contributed by atoms with Crippen LogP contribution in [-0.4, -0.2) is 68.3 Å². The first-order valence-corrected chi connectivity index (χ1v) is 7.69. The molecule has 1 aromatic rings. The standard InChI is InChI=1S/C12H19F3N4O2S/c1-20-9(21-2)8-18-4-3-5-19(7-6-18)11-17-16-10(22-11)12(13,14)15/h9H,3-8H2,1-2H3. The molecule has 10 heteroatoms. The van der Waals surface area contributed by atoms with Crippen molar-refractivity contribution in [3.05, 3.63) is 5.01 Å². The topological polar surface area (TPSA) is 50.7 Å². The van der Waals surface area contributed by atoms with Crippen molar-refractivity contribution in [2.45, 2.75) is 18.9 Å². The Balaban J connectivity index is 1.94. The van der Waals surface area contributed by atoms with E-state index in [1.54, 1.807) is 14.2 Å². The molecule has 0 saturated carbocycles. The van der Waals surface area contributed by atoms with Crippen LogP contribution in [0.15, 0.2) is 0 Å². The number of alkyl halides is 3. The highest BCUT2D eigenvalue weighted by Gasteiger charge is 2.36. The third kappa shape index (κ3) is 4.51. The second-order valence-electron chi connectivity index (χ2n) is 4.93. The highest BCUT2D eigenvalue weighted by molar-refractivity contribution is 7.15. The maximum atomic E-state index is 12.6. The first kappa shape index (κ1) is 17.4. The van der Waals surface area contributed by atoms with Gasteiger partial charge in [0.2, 0.25) is 10.1 Å². The summed E-state index contributed by atoms with van der Waals surface area (Å²) in [6, 6.07) is 0. The molecule has 0 atom stereocenters. The summed E-state index contributed by atoms with van der Waals surface area (Å²) < 4.78 is 48.1. The number of nitrogens with zero attached hydrogens (tertiary/aromatic N) is 4. The Labute approximate surface area is 130 Å². The van der Waals surface area contributed by atoms with E-state index in [0.717, 1.165) is 13.0 Å². The second kappa shape index (κ2) is 7.53. The van der Waals surface area contributed by atoms with E-state index in [1.165, 1.54) is 0 Å². The van der Waals surface area contributed by atoms with Crippen LogP contribution in [-0.2, 0) is 15.7 Å². The van der Waals surface area contributed by atoms with Crippen molar-refractivity contribution in [3.8, 4) is 0 Å². The van der Waals surface area contributed by atoms with Crippen LogP contribution in [0.4, 0.5) is 18.3 Å². The van der Waals surface area contributed by atoms with Gasteiger partial charge in [-0.3, -0.25) is 4.90 Å². The number of halogens is 3. The van der Waals surface area contributed by atoms with Gasteiger partial charge in [0.1, 0.15) is 0 Å². The molecule has 1 aromatic heterocycles. The predicted molar refractivity (Wildman–Crippen MR) is 76.0 cm³/mol. The largest absolute Gasteiger partial charge is 0.445 e. The van der Waals surface area contributed by atoms with Gasteiger partial charge in [-0.25, -0.2) is 0 Å². The monoisotopic (exact) mass is 340 g/mol. The van der Waals surface area contributed by atoms with Crippen LogP contribution in [0.1, 0.15) is 11.4 Å². The lowest BCUT2D eigenvalue weighted by Gasteiger charge is -2.24. The molecule has 2 rings (SSSR count). The van der Waals surface area contributed by atoms with Crippen LogP contribution in [0.5, 0.6) is 0 Å². The summed E-state index contributed by atoms with van der Waals surface area (Å²) >= 11 is 0.591. The van der Waals surface area contributed by atoms with Crippen LogP contribution in [0, 0.1) is 0 Å². The summed E-state index contributed by atoms with van der Waals surface area (Å²) in [6.45, 7) is 3.44. The number of methoxy groups -OCH3 is 2. The second-order valence-corrected chi connectivity index (χ2v) is 5.89. The van der Waals surface area contributed by atoms with E-state index in [-0.39, 0.29) is 6.29 Å². The molecule has 0 aromatic carbocycles. The zero-order chi connectivity index (χ0) is 16.2. The molecule has 6 nitrogen and oxygen atoms in total. The van der Waals surface area contributed by atoms with Gasteiger partial charge >= 0.3 is 6.18 Å². The first-order valence-electron chi connectivity index (χ1n) is 6.87. The lowest BCUT2D eigenvalue weighted by Crippen LogP contribution is -2.37. The van der Waals surface area contributed by atoms with Crippen LogP contribution in [0.3, 0.4) is 0 Å². The molecule has 2 heterocycles. The molecule has 22 heavy (non-hydrogen) atoms. The lowest BCUT2D eigenvalue weighted by atomic mass is 10.4. The van der Waals surface area contributed by atoms with Crippen molar-refractivity contribution < 1.29 is 22.6 Å². The summed E-state index contributed by atoms with van der Waals surface area (Å²) in [4.78, 5) is 4.02.